The Morgan fingerprint density at radius 2 is 1.37 bits per heavy atom. The zero-order valence-corrected chi connectivity index (χ0v) is 12.2. The molecule has 19 heavy (non-hydrogen) atoms. The van der Waals surface area contributed by atoms with Crippen molar-refractivity contribution in [3.63, 3.8) is 0 Å². The Balaban J connectivity index is 0. The van der Waals surface area contributed by atoms with Crippen LogP contribution in [0.3, 0.4) is 0 Å². The van der Waals surface area contributed by atoms with Crippen LogP contribution in [0.15, 0.2) is 0 Å². The summed E-state index contributed by atoms with van der Waals surface area (Å²) in [6, 6.07) is -0.895. The van der Waals surface area contributed by atoms with Crippen molar-refractivity contribution in [1.82, 2.24) is 16.0 Å². The molecule has 0 saturated heterocycles. The fourth-order valence-corrected chi connectivity index (χ4v) is 0.782. The Labute approximate surface area is 113 Å². The van der Waals surface area contributed by atoms with Crippen LogP contribution in [-0.4, -0.2) is 53.6 Å². The van der Waals surface area contributed by atoms with E-state index in [2.05, 4.69) is 16.0 Å². The third kappa shape index (κ3) is 12.7. The molecular formula is C11H26N4O4. The molecule has 0 unspecified atom stereocenters. The van der Waals surface area contributed by atoms with Crippen molar-refractivity contribution in [2.75, 3.05) is 20.3 Å². The van der Waals surface area contributed by atoms with Crippen LogP contribution in [0.1, 0.15) is 27.7 Å². The Bertz CT molecular complexity index is 292. The van der Waals surface area contributed by atoms with Gasteiger partial charge in [-0.3, -0.25) is 0 Å². The van der Waals surface area contributed by atoms with Crippen LogP contribution >= 0.6 is 0 Å². The molecule has 0 aliphatic heterocycles. The quantitative estimate of drug-likeness (QED) is 0.397. The molecule has 0 heterocycles. The minimum absolute atomic E-state index is 0.0690. The Kier molecular flexibility index (Phi) is 8.90. The molecule has 7 N–H and O–H groups in total. The molecule has 0 rings (SSSR count). The average molecular weight is 278 g/mol. The van der Waals surface area contributed by atoms with E-state index in [-0.39, 0.29) is 19.2 Å². The first-order valence-corrected chi connectivity index (χ1v) is 5.79. The summed E-state index contributed by atoms with van der Waals surface area (Å²) < 4.78 is 0. The number of carbonyl (C=O) groups is 2. The van der Waals surface area contributed by atoms with Crippen molar-refractivity contribution in [2.45, 2.75) is 38.8 Å². The fourth-order valence-electron chi connectivity index (χ4n) is 0.782. The van der Waals surface area contributed by atoms with Gasteiger partial charge in [-0.1, -0.05) is 0 Å². The lowest BCUT2D eigenvalue weighted by atomic mass is 10.1. The molecule has 0 bridgehead atoms. The summed E-state index contributed by atoms with van der Waals surface area (Å²) in [6.45, 7) is 6.65. The molecule has 4 amide bonds. The third-order valence-corrected chi connectivity index (χ3v) is 1.93. The SMILES string of the molecule is CC(C)(CO)NC(N)=O.CNC(=O)NC(C)(C)CO. The highest BCUT2D eigenvalue weighted by molar-refractivity contribution is 5.74. The molecule has 8 nitrogen and oxygen atoms in total. The van der Waals surface area contributed by atoms with Gasteiger partial charge in [0.1, 0.15) is 0 Å². The molecule has 8 heteroatoms. The first-order chi connectivity index (χ1) is 8.49. The van der Waals surface area contributed by atoms with Gasteiger partial charge in [-0.25, -0.2) is 9.59 Å². The largest absolute Gasteiger partial charge is 0.394 e. The normalized spacial score (nSPS) is 10.9. The number of hydrogen-bond acceptors (Lipinski definition) is 4. The van der Waals surface area contributed by atoms with Gasteiger partial charge in [-0.15, -0.1) is 0 Å². The summed E-state index contributed by atoms with van der Waals surface area (Å²) in [7, 11) is 1.53. The number of rotatable bonds is 4. The molecule has 0 aliphatic carbocycles. The molecule has 114 valence electrons. The topological polar surface area (TPSA) is 137 Å². The first-order valence-electron chi connectivity index (χ1n) is 5.79. The molecule has 0 aromatic heterocycles. The summed E-state index contributed by atoms with van der Waals surface area (Å²) in [5, 5.41) is 24.6. The Morgan fingerprint density at radius 1 is 1.00 bits per heavy atom. The number of primary amides is 1. The third-order valence-electron chi connectivity index (χ3n) is 1.93. The number of aliphatic hydroxyl groups excluding tert-OH is 2. The van der Waals surface area contributed by atoms with Crippen molar-refractivity contribution in [3.05, 3.63) is 0 Å². The summed E-state index contributed by atoms with van der Waals surface area (Å²) in [4.78, 5) is 20.8. The van der Waals surface area contributed by atoms with E-state index in [0.29, 0.717) is 0 Å². The minimum Gasteiger partial charge on any atom is -0.394 e. The van der Waals surface area contributed by atoms with Gasteiger partial charge in [0.05, 0.1) is 24.3 Å². The highest BCUT2D eigenvalue weighted by atomic mass is 16.3. The van der Waals surface area contributed by atoms with Crippen molar-refractivity contribution >= 4 is 12.1 Å². The van der Waals surface area contributed by atoms with E-state index >= 15 is 0 Å². The number of nitrogens with two attached hydrogens (primary N) is 1. The van der Waals surface area contributed by atoms with Crippen LogP contribution in [0.4, 0.5) is 9.59 Å². The summed E-state index contributed by atoms with van der Waals surface area (Å²) in [6.07, 6.45) is 0. The monoisotopic (exact) mass is 278 g/mol. The molecule has 0 radical (unpaired) electrons. The second-order valence-corrected chi connectivity index (χ2v) is 5.28. The lowest BCUT2D eigenvalue weighted by molar-refractivity contribution is 0.183. The summed E-state index contributed by atoms with van der Waals surface area (Å²) in [5.74, 6) is 0. The number of nitrogens with one attached hydrogen (secondary N) is 3. The molecule has 0 aromatic carbocycles. The number of hydrogen-bond donors (Lipinski definition) is 6. The molecule has 0 aliphatic rings. The fraction of sp³-hybridized carbons (Fsp3) is 0.818. The first kappa shape index (κ1) is 19.8. The van der Waals surface area contributed by atoms with Crippen molar-refractivity contribution in [1.29, 1.82) is 0 Å². The van der Waals surface area contributed by atoms with E-state index in [4.69, 9.17) is 15.9 Å². The lowest BCUT2D eigenvalue weighted by Gasteiger charge is -2.22. The van der Waals surface area contributed by atoms with Crippen LogP contribution < -0.4 is 21.7 Å². The highest BCUT2D eigenvalue weighted by Crippen LogP contribution is 1.98. The predicted molar refractivity (Wildman–Crippen MR) is 72.6 cm³/mol. The van der Waals surface area contributed by atoms with E-state index < -0.39 is 17.1 Å². The van der Waals surface area contributed by atoms with Gasteiger partial charge < -0.3 is 31.9 Å². The summed E-state index contributed by atoms with van der Waals surface area (Å²) >= 11 is 0. The van der Waals surface area contributed by atoms with E-state index in [1.165, 1.54) is 7.05 Å². The van der Waals surface area contributed by atoms with Gasteiger partial charge >= 0.3 is 12.1 Å². The number of amides is 4. The van der Waals surface area contributed by atoms with Crippen LogP contribution in [0.2, 0.25) is 0 Å². The van der Waals surface area contributed by atoms with E-state index in [0.717, 1.165) is 0 Å². The van der Waals surface area contributed by atoms with Crippen molar-refractivity contribution < 1.29 is 19.8 Å². The van der Waals surface area contributed by atoms with Gasteiger partial charge in [-0.2, -0.15) is 0 Å². The Morgan fingerprint density at radius 3 is 1.58 bits per heavy atom. The maximum atomic E-state index is 10.7. The van der Waals surface area contributed by atoms with Gasteiger partial charge in [0.15, 0.2) is 0 Å². The van der Waals surface area contributed by atoms with Gasteiger partial charge in [-0.05, 0) is 27.7 Å². The molecule has 0 aromatic rings. The van der Waals surface area contributed by atoms with Crippen LogP contribution in [0, 0.1) is 0 Å². The van der Waals surface area contributed by atoms with E-state index in [9.17, 15) is 9.59 Å². The standard InChI is InChI=1S/C6H14N2O2.C5H12N2O2/c1-6(2,4-9)8-5(10)7-3;1-5(2,3-8)7-4(6)9/h9H,4H2,1-3H3,(H2,7,8,10);8H,3H2,1-2H3,(H3,6,7,9). The number of aliphatic hydroxyl groups is 2. The maximum Gasteiger partial charge on any atom is 0.315 e. The Hall–Kier alpha value is -1.54. The van der Waals surface area contributed by atoms with Crippen molar-refractivity contribution in [2.24, 2.45) is 5.73 Å². The van der Waals surface area contributed by atoms with Gasteiger partial charge in [0.2, 0.25) is 0 Å². The summed E-state index contributed by atoms with van der Waals surface area (Å²) in [5.41, 5.74) is 3.65. The van der Waals surface area contributed by atoms with E-state index in [1.54, 1.807) is 27.7 Å². The number of carbonyl (C=O) groups excluding carboxylic acids is 2. The molecule has 0 spiro atoms. The van der Waals surface area contributed by atoms with Crippen LogP contribution in [0.25, 0.3) is 0 Å². The molecule has 0 atom stereocenters. The van der Waals surface area contributed by atoms with Gasteiger partial charge in [0, 0.05) is 7.05 Å². The van der Waals surface area contributed by atoms with E-state index in [1.807, 2.05) is 0 Å². The second kappa shape index (κ2) is 8.54. The van der Waals surface area contributed by atoms with Crippen molar-refractivity contribution in [3.8, 4) is 0 Å². The van der Waals surface area contributed by atoms with Crippen LogP contribution in [-0.2, 0) is 0 Å². The highest BCUT2D eigenvalue weighted by Gasteiger charge is 2.17. The second-order valence-electron chi connectivity index (χ2n) is 5.28. The molecule has 0 saturated carbocycles. The zero-order valence-electron chi connectivity index (χ0n) is 12.2. The van der Waals surface area contributed by atoms with Crippen LogP contribution in [0.5, 0.6) is 0 Å². The smallest absolute Gasteiger partial charge is 0.315 e. The molecule has 0 fully saturated rings. The minimum atomic E-state index is -0.617. The maximum absolute atomic E-state index is 10.7. The predicted octanol–water partition coefficient (Wildman–Crippen LogP) is -0.888. The molecular weight excluding hydrogens is 252 g/mol. The average Bonchev–Trinajstić information content (AvgIpc) is 2.27. The lowest BCUT2D eigenvalue weighted by Crippen LogP contribution is -2.49. The van der Waals surface area contributed by atoms with Gasteiger partial charge in [0.25, 0.3) is 0 Å². The zero-order chi connectivity index (χ0) is 15.7. The number of urea groups is 2.